The number of carbonyl (C=O) groups excluding carboxylic acids is 2. The summed E-state index contributed by atoms with van der Waals surface area (Å²) >= 11 is 0. The zero-order valence-corrected chi connectivity index (χ0v) is 19.9. The van der Waals surface area contributed by atoms with Crippen LogP contribution < -0.4 is 0 Å². The number of ether oxygens (including phenoxy) is 2. The molecular formula is C26H38O6. The SMILES string of the molecule is CCCC(=O)OC1(C(=O)CO)CC[C@@H]2[C@@H]3CC=C4C=C(OC)CC[C@]4(C)[C@@H]3[C@@H](O)C[C@@]21C. The van der Waals surface area contributed by atoms with Gasteiger partial charge in [0.1, 0.15) is 6.61 Å². The molecule has 4 rings (SSSR count). The number of fused-ring (bicyclic) bond motifs is 5. The van der Waals surface area contributed by atoms with Crippen molar-refractivity contribution in [1.82, 2.24) is 0 Å². The first-order valence-electron chi connectivity index (χ1n) is 12.2. The van der Waals surface area contributed by atoms with E-state index in [4.69, 9.17) is 9.47 Å². The van der Waals surface area contributed by atoms with E-state index >= 15 is 0 Å². The fourth-order valence-electron chi connectivity index (χ4n) is 7.84. The predicted octanol–water partition coefficient (Wildman–Crippen LogP) is 3.70. The molecule has 1 unspecified atom stereocenters. The molecule has 32 heavy (non-hydrogen) atoms. The van der Waals surface area contributed by atoms with Gasteiger partial charge in [0.2, 0.25) is 5.78 Å². The highest BCUT2D eigenvalue weighted by molar-refractivity contribution is 5.92. The molecular weight excluding hydrogens is 408 g/mol. The summed E-state index contributed by atoms with van der Waals surface area (Å²) in [4.78, 5) is 25.7. The fourth-order valence-corrected chi connectivity index (χ4v) is 7.84. The molecule has 4 aliphatic carbocycles. The normalized spacial score (nSPS) is 42.7. The lowest BCUT2D eigenvalue weighted by Gasteiger charge is -2.59. The summed E-state index contributed by atoms with van der Waals surface area (Å²) < 4.78 is 11.5. The lowest BCUT2D eigenvalue weighted by Crippen LogP contribution is -2.62. The van der Waals surface area contributed by atoms with Crippen LogP contribution in [0.25, 0.3) is 0 Å². The molecule has 0 radical (unpaired) electrons. The zero-order valence-electron chi connectivity index (χ0n) is 19.9. The van der Waals surface area contributed by atoms with Gasteiger partial charge in [-0.05, 0) is 73.3 Å². The average molecular weight is 447 g/mol. The highest BCUT2D eigenvalue weighted by atomic mass is 16.6. The van der Waals surface area contributed by atoms with Crippen LogP contribution in [0.1, 0.15) is 72.1 Å². The molecule has 0 saturated heterocycles. The molecule has 2 N–H and O–H groups in total. The second-order valence-corrected chi connectivity index (χ2v) is 10.8. The Hall–Kier alpha value is -1.66. The lowest BCUT2D eigenvalue weighted by molar-refractivity contribution is -0.200. The van der Waals surface area contributed by atoms with Crippen molar-refractivity contribution in [3.63, 3.8) is 0 Å². The summed E-state index contributed by atoms with van der Waals surface area (Å²) in [5.41, 5.74) is -0.947. The number of aliphatic hydroxyl groups is 2. The third-order valence-electron chi connectivity index (χ3n) is 9.38. The van der Waals surface area contributed by atoms with Gasteiger partial charge in [0.05, 0.1) is 19.0 Å². The number of Topliss-reactive ketones (excluding diaryl/α,β-unsaturated/α-hetero) is 1. The van der Waals surface area contributed by atoms with Crippen molar-refractivity contribution in [3.8, 4) is 0 Å². The Kier molecular flexibility index (Phi) is 6.08. The van der Waals surface area contributed by atoms with E-state index in [9.17, 15) is 19.8 Å². The molecule has 2 fully saturated rings. The van der Waals surface area contributed by atoms with Crippen molar-refractivity contribution < 1.29 is 29.3 Å². The van der Waals surface area contributed by atoms with Crippen molar-refractivity contribution in [2.75, 3.05) is 13.7 Å². The molecule has 6 heteroatoms. The fraction of sp³-hybridized carbons (Fsp3) is 0.769. The second kappa shape index (κ2) is 8.28. The Bertz CT molecular complexity index is 845. The third kappa shape index (κ3) is 3.20. The number of methoxy groups -OCH3 is 1. The summed E-state index contributed by atoms with van der Waals surface area (Å²) in [7, 11) is 1.71. The Labute approximate surface area is 191 Å². The molecule has 178 valence electrons. The number of carbonyl (C=O) groups is 2. The number of aliphatic hydroxyl groups excluding tert-OH is 2. The maximum absolute atomic E-state index is 13.1. The van der Waals surface area contributed by atoms with Crippen molar-refractivity contribution in [2.24, 2.45) is 28.6 Å². The molecule has 0 spiro atoms. The third-order valence-corrected chi connectivity index (χ3v) is 9.38. The highest BCUT2D eigenvalue weighted by Gasteiger charge is 2.70. The van der Waals surface area contributed by atoms with Crippen LogP contribution in [0.2, 0.25) is 0 Å². The smallest absolute Gasteiger partial charge is 0.306 e. The minimum atomic E-state index is -1.36. The highest BCUT2D eigenvalue weighted by Crippen LogP contribution is 2.67. The number of hydrogen-bond acceptors (Lipinski definition) is 6. The topological polar surface area (TPSA) is 93.1 Å². The van der Waals surface area contributed by atoms with Gasteiger partial charge in [-0.2, -0.15) is 0 Å². The van der Waals surface area contributed by atoms with E-state index in [1.165, 1.54) is 5.57 Å². The van der Waals surface area contributed by atoms with Crippen molar-refractivity contribution in [2.45, 2.75) is 83.8 Å². The number of esters is 1. The Morgan fingerprint density at radius 1 is 1.25 bits per heavy atom. The van der Waals surface area contributed by atoms with E-state index < -0.39 is 35.5 Å². The number of allylic oxidation sites excluding steroid dienone is 4. The molecule has 0 bridgehead atoms. The van der Waals surface area contributed by atoms with Gasteiger partial charge in [-0.3, -0.25) is 9.59 Å². The molecule has 2 saturated carbocycles. The van der Waals surface area contributed by atoms with E-state index in [-0.39, 0.29) is 29.6 Å². The molecule has 0 aliphatic heterocycles. The van der Waals surface area contributed by atoms with Gasteiger partial charge >= 0.3 is 5.97 Å². The van der Waals surface area contributed by atoms with Gasteiger partial charge in [0, 0.05) is 18.3 Å². The van der Waals surface area contributed by atoms with E-state index in [2.05, 4.69) is 19.1 Å². The van der Waals surface area contributed by atoms with Crippen LogP contribution in [-0.4, -0.2) is 47.4 Å². The quantitative estimate of drug-likeness (QED) is 0.605. The molecule has 0 aromatic carbocycles. The standard InChI is InChI=1S/C26H38O6/c1-5-6-22(30)32-26(21(29)15-27)12-10-19-18-8-7-16-13-17(31-4)9-11-24(16,2)23(18)20(28)14-25(19,26)3/h7,13,18-20,23,27-28H,5-6,8-12,14-15H2,1-4H3/t18-,19+,20-,23-,24-,25-,26?/m0/s1. The van der Waals surface area contributed by atoms with Gasteiger partial charge in [0.15, 0.2) is 5.60 Å². The van der Waals surface area contributed by atoms with E-state index in [1.807, 2.05) is 13.8 Å². The van der Waals surface area contributed by atoms with E-state index in [0.717, 1.165) is 31.4 Å². The lowest BCUT2D eigenvalue weighted by atomic mass is 9.46. The Balaban J connectivity index is 1.73. The van der Waals surface area contributed by atoms with Gasteiger partial charge in [-0.25, -0.2) is 0 Å². The number of rotatable bonds is 6. The second-order valence-electron chi connectivity index (χ2n) is 10.8. The van der Waals surface area contributed by atoms with E-state index in [0.29, 0.717) is 19.3 Å². The Morgan fingerprint density at radius 2 is 2.00 bits per heavy atom. The van der Waals surface area contributed by atoms with Crippen LogP contribution in [0.5, 0.6) is 0 Å². The maximum Gasteiger partial charge on any atom is 0.306 e. The predicted molar refractivity (Wildman–Crippen MR) is 119 cm³/mol. The average Bonchev–Trinajstić information content (AvgIpc) is 3.04. The van der Waals surface area contributed by atoms with Crippen LogP contribution in [0.3, 0.4) is 0 Å². The first-order valence-corrected chi connectivity index (χ1v) is 12.2. The number of hydrogen-bond donors (Lipinski definition) is 2. The maximum atomic E-state index is 13.1. The van der Waals surface area contributed by atoms with Gasteiger partial charge in [-0.15, -0.1) is 0 Å². The van der Waals surface area contributed by atoms with Crippen molar-refractivity contribution in [1.29, 1.82) is 0 Å². The zero-order chi connectivity index (χ0) is 23.3. The van der Waals surface area contributed by atoms with Crippen LogP contribution >= 0.6 is 0 Å². The van der Waals surface area contributed by atoms with Gasteiger partial charge in [-0.1, -0.05) is 26.8 Å². The summed E-state index contributed by atoms with van der Waals surface area (Å²) in [5, 5.41) is 21.4. The minimum Gasteiger partial charge on any atom is -0.501 e. The van der Waals surface area contributed by atoms with Gasteiger partial charge in [0.25, 0.3) is 0 Å². The van der Waals surface area contributed by atoms with Crippen LogP contribution in [0, 0.1) is 28.6 Å². The summed E-state index contributed by atoms with van der Waals surface area (Å²) in [6, 6.07) is 0. The molecule has 4 aliphatic rings. The first kappa shape index (κ1) is 23.5. The van der Waals surface area contributed by atoms with Crippen LogP contribution in [-0.2, 0) is 19.1 Å². The molecule has 0 aromatic heterocycles. The molecule has 0 amide bonds. The first-order chi connectivity index (χ1) is 15.2. The van der Waals surface area contributed by atoms with Crippen LogP contribution in [0.15, 0.2) is 23.5 Å². The largest absolute Gasteiger partial charge is 0.501 e. The molecule has 6 nitrogen and oxygen atoms in total. The van der Waals surface area contributed by atoms with Crippen molar-refractivity contribution >= 4 is 11.8 Å². The number of ketones is 1. The summed E-state index contributed by atoms with van der Waals surface area (Å²) in [6.07, 6.45) is 8.87. The van der Waals surface area contributed by atoms with Crippen LogP contribution in [0.4, 0.5) is 0 Å². The summed E-state index contributed by atoms with van der Waals surface area (Å²) in [5.74, 6) is 0.591. The van der Waals surface area contributed by atoms with Gasteiger partial charge < -0.3 is 19.7 Å². The molecule has 0 heterocycles. The Morgan fingerprint density at radius 3 is 2.66 bits per heavy atom. The monoisotopic (exact) mass is 446 g/mol. The molecule has 7 atom stereocenters. The summed E-state index contributed by atoms with van der Waals surface area (Å²) in [6.45, 7) is 5.50. The molecule has 0 aromatic rings. The minimum absolute atomic E-state index is 0.0848. The van der Waals surface area contributed by atoms with Crippen molar-refractivity contribution in [3.05, 3.63) is 23.5 Å². The van der Waals surface area contributed by atoms with E-state index in [1.54, 1.807) is 7.11 Å².